The summed E-state index contributed by atoms with van der Waals surface area (Å²) in [5.74, 6) is -1.06. The number of rotatable bonds is 1. The average molecular weight is 336 g/mol. The summed E-state index contributed by atoms with van der Waals surface area (Å²) in [6, 6.07) is 12.0. The van der Waals surface area contributed by atoms with Crippen LogP contribution in [0.15, 0.2) is 46.9 Å². The fourth-order valence-corrected chi connectivity index (χ4v) is 3.27. The summed E-state index contributed by atoms with van der Waals surface area (Å²) in [6.45, 7) is 0. The average Bonchev–Trinajstić information content (AvgIpc) is 2.64. The van der Waals surface area contributed by atoms with Gasteiger partial charge in [-0.3, -0.25) is 9.59 Å². The molecule has 0 N–H and O–H groups in total. The maximum Gasteiger partial charge on any atom is 0.178 e. The maximum absolute atomic E-state index is 12.4. The lowest BCUT2D eigenvalue weighted by Gasteiger charge is -2.10. The van der Waals surface area contributed by atoms with Gasteiger partial charge in [-0.2, -0.15) is 0 Å². The Morgan fingerprint density at radius 1 is 0.947 bits per heavy atom. The second-order valence-corrected chi connectivity index (χ2v) is 5.66. The SMILES string of the molecule is O=C1c2ccccc2C(=O)C1c1ccc(Cl)cc1Br. The minimum atomic E-state index is -0.760. The van der Waals surface area contributed by atoms with Crippen molar-refractivity contribution < 1.29 is 9.59 Å². The summed E-state index contributed by atoms with van der Waals surface area (Å²) >= 11 is 9.25. The van der Waals surface area contributed by atoms with Crippen LogP contribution in [0.4, 0.5) is 0 Å². The van der Waals surface area contributed by atoms with Crippen molar-refractivity contribution in [2.45, 2.75) is 5.92 Å². The molecule has 0 spiro atoms. The zero-order chi connectivity index (χ0) is 13.6. The molecule has 0 aromatic heterocycles. The molecule has 0 unspecified atom stereocenters. The molecule has 4 heteroatoms. The molecule has 2 aromatic carbocycles. The van der Waals surface area contributed by atoms with Crippen molar-refractivity contribution in [3.63, 3.8) is 0 Å². The molecule has 0 radical (unpaired) electrons. The van der Waals surface area contributed by atoms with Crippen molar-refractivity contribution in [3.8, 4) is 0 Å². The minimum Gasteiger partial charge on any atom is -0.293 e. The summed E-state index contributed by atoms with van der Waals surface area (Å²) in [5, 5.41) is 0.561. The van der Waals surface area contributed by atoms with E-state index < -0.39 is 5.92 Å². The van der Waals surface area contributed by atoms with Gasteiger partial charge < -0.3 is 0 Å². The van der Waals surface area contributed by atoms with Crippen LogP contribution in [0.1, 0.15) is 32.2 Å². The maximum atomic E-state index is 12.4. The van der Waals surface area contributed by atoms with E-state index in [0.29, 0.717) is 26.2 Å². The number of fused-ring (bicyclic) bond motifs is 1. The van der Waals surface area contributed by atoms with E-state index in [2.05, 4.69) is 15.9 Å². The largest absolute Gasteiger partial charge is 0.293 e. The summed E-state index contributed by atoms with van der Waals surface area (Å²) in [6.07, 6.45) is 0. The van der Waals surface area contributed by atoms with Gasteiger partial charge in [-0.15, -0.1) is 0 Å². The van der Waals surface area contributed by atoms with Crippen LogP contribution >= 0.6 is 27.5 Å². The fourth-order valence-electron chi connectivity index (χ4n) is 2.36. The van der Waals surface area contributed by atoms with E-state index in [1.165, 1.54) is 0 Å². The van der Waals surface area contributed by atoms with Crippen molar-refractivity contribution >= 4 is 39.1 Å². The molecule has 0 saturated carbocycles. The van der Waals surface area contributed by atoms with Gasteiger partial charge in [0.25, 0.3) is 0 Å². The normalized spacial score (nSPS) is 14.8. The zero-order valence-corrected chi connectivity index (χ0v) is 12.0. The molecule has 0 aliphatic heterocycles. The van der Waals surface area contributed by atoms with Gasteiger partial charge in [0, 0.05) is 20.6 Å². The first kappa shape index (κ1) is 12.6. The molecule has 0 fully saturated rings. The number of carbonyl (C=O) groups is 2. The van der Waals surface area contributed by atoms with Gasteiger partial charge in [0.1, 0.15) is 5.92 Å². The fraction of sp³-hybridized carbons (Fsp3) is 0.0667. The van der Waals surface area contributed by atoms with E-state index in [0.717, 1.165) is 0 Å². The van der Waals surface area contributed by atoms with Crippen molar-refractivity contribution in [1.82, 2.24) is 0 Å². The lowest BCUT2D eigenvalue weighted by molar-refractivity contribution is 0.0890. The molecular weight excluding hydrogens is 328 g/mol. The second-order valence-electron chi connectivity index (χ2n) is 4.37. The lowest BCUT2D eigenvalue weighted by atomic mass is 9.94. The first-order chi connectivity index (χ1) is 9.09. The highest BCUT2D eigenvalue weighted by molar-refractivity contribution is 9.10. The number of carbonyl (C=O) groups excluding carboxylic acids is 2. The van der Waals surface area contributed by atoms with Crippen LogP contribution in [-0.4, -0.2) is 11.6 Å². The number of ketones is 2. The van der Waals surface area contributed by atoms with E-state index in [-0.39, 0.29) is 11.6 Å². The van der Waals surface area contributed by atoms with Gasteiger partial charge in [0.05, 0.1) is 0 Å². The van der Waals surface area contributed by atoms with E-state index in [9.17, 15) is 9.59 Å². The van der Waals surface area contributed by atoms with Crippen LogP contribution in [0, 0.1) is 0 Å². The molecule has 0 atom stereocenters. The molecule has 2 nitrogen and oxygen atoms in total. The highest BCUT2D eigenvalue weighted by Crippen LogP contribution is 2.37. The Balaban J connectivity index is 2.14. The third kappa shape index (κ3) is 1.94. The van der Waals surface area contributed by atoms with Crippen LogP contribution in [0.3, 0.4) is 0 Å². The molecule has 0 heterocycles. The van der Waals surface area contributed by atoms with Gasteiger partial charge in [0.2, 0.25) is 0 Å². The molecule has 1 aliphatic carbocycles. The third-order valence-electron chi connectivity index (χ3n) is 3.26. The Kier molecular flexibility index (Phi) is 3.03. The van der Waals surface area contributed by atoms with Crippen LogP contribution in [-0.2, 0) is 0 Å². The molecular formula is C15H8BrClO2. The number of halogens is 2. The van der Waals surface area contributed by atoms with Crippen LogP contribution < -0.4 is 0 Å². The molecule has 2 aromatic rings. The van der Waals surface area contributed by atoms with Gasteiger partial charge >= 0.3 is 0 Å². The Labute approximate surface area is 123 Å². The van der Waals surface area contributed by atoms with Crippen LogP contribution in [0.2, 0.25) is 5.02 Å². The summed E-state index contributed by atoms with van der Waals surface area (Å²) < 4.78 is 0.680. The highest BCUT2D eigenvalue weighted by atomic mass is 79.9. The Morgan fingerprint density at radius 3 is 2.05 bits per heavy atom. The molecule has 0 bridgehead atoms. The van der Waals surface area contributed by atoms with E-state index in [4.69, 9.17) is 11.6 Å². The van der Waals surface area contributed by atoms with Gasteiger partial charge in [-0.1, -0.05) is 57.9 Å². The van der Waals surface area contributed by atoms with Crippen LogP contribution in [0.25, 0.3) is 0 Å². The molecule has 3 rings (SSSR count). The monoisotopic (exact) mass is 334 g/mol. The van der Waals surface area contributed by atoms with Gasteiger partial charge in [0.15, 0.2) is 11.6 Å². The Hall–Kier alpha value is -1.45. The molecule has 19 heavy (non-hydrogen) atoms. The quantitative estimate of drug-likeness (QED) is 0.730. The number of hydrogen-bond acceptors (Lipinski definition) is 2. The van der Waals surface area contributed by atoms with Crippen molar-refractivity contribution in [1.29, 1.82) is 0 Å². The molecule has 1 aliphatic rings. The van der Waals surface area contributed by atoms with Crippen molar-refractivity contribution in [2.75, 3.05) is 0 Å². The first-order valence-corrected chi connectivity index (χ1v) is 6.89. The van der Waals surface area contributed by atoms with E-state index >= 15 is 0 Å². The predicted molar refractivity (Wildman–Crippen MR) is 77.0 cm³/mol. The summed E-state index contributed by atoms with van der Waals surface area (Å²) in [7, 11) is 0. The molecule has 94 valence electrons. The summed E-state index contributed by atoms with van der Waals surface area (Å²) in [4.78, 5) is 24.7. The van der Waals surface area contributed by atoms with Gasteiger partial charge in [-0.25, -0.2) is 0 Å². The third-order valence-corrected chi connectivity index (χ3v) is 4.18. The lowest BCUT2D eigenvalue weighted by Crippen LogP contribution is -2.13. The van der Waals surface area contributed by atoms with Crippen molar-refractivity contribution in [2.24, 2.45) is 0 Å². The number of Topliss-reactive ketones (excluding diaryl/α,β-unsaturated/α-hetero) is 2. The van der Waals surface area contributed by atoms with Crippen molar-refractivity contribution in [3.05, 3.63) is 68.7 Å². The standard InChI is InChI=1S/C15H8BrClO2/c16-12-7-8(17)5-6-11(12)13-14(18)9-3-1-2-4-10(9)15(13)19/h1-7,13H. The molecule has 0 amide bonds. The predicted octanol–water partition coefficient (Wildman–Crippen LogP) is 4.27. The number of hydrogen-bond donors (Lipinski definition) is 0. The van der Waals surface area contributed by atoms with E-state index in [1.54, 1.807) is 42.5 Å². The summed E-state index contributed by atoms with van der Waals surface area (Å²) in [5.41, 5.74) is 1.66. The second kappa shape index (κ2) is 4.58. The Morgan fingerprint density at radius 2 is 1.53 bits per heavy atom. The Bertz CT molecular complexity index is 674. The first-order valence-electron chi connectivity index (χ1n) is 5.72. The number of benzene rings is 2. The smallest absolute Gasteiger partial charge is 0.178 e. The van der Waals surface area contributed by atoms with E-state index in [1.807, 2.05) is 0 Å². The van der Waals surface area contributed by atoms with Crippen LogP contribution in [0.5, 0.6) is 0 Å². The molecule has 0 saturated heterocycles. The topological polar surface area (TPSA) is 34.1 Å². The van der Waals surface area contributed by atoms with Gasteiger partial charge in [-0.05, 0) is 17.7 Å². The highest BCUT2D eigenvalue weighted by Gasteiger charge is 2.40. The minimum absolute atomic E-state index is 0.149. The zero-order valence-electron chi connectivity index (χ0n) is 9.69.